The second-order valence-electron chi connectivity index (χ2n) is 8.78. The van der Waals surface area contributed by atoms with E-state index in [1.165, 1.54) is 12.8 Å². The molecule has 29 heavy (non-hydrogen) atoms. The average Bonchev–Trinajstić information content (AvgIpc) is 3.29. The second-order valence-corrected chi connectivity index (χ2v) is 8.78. The molecule has 0 spiro atoms. The summed E-state index contributed by atoms with van der Waals surface area (Å²) in [6, 6.07) is 4.64. The first-order valence-electron chi connectivity index (χ1n) is 10.4. The molecule has 0 atom stereocenters. The predicted octanol–water partition coefficient (Wildman–Crippen LogP) is 2.69. The summed E-state index contributed by atoms with van der Waals surface area (Å²) in [6.07, 6.45) is 6.23. The number of likely N-dealkylation sites (N-methyl/N-ethyl adjacent to an activating group) is 1. The van der Waals surface area contributed by atoms with Crippen LogP contribution in [0.5, 0.6) is 0 Å². The molecule has 5 rings (SSSR count). The Hall–Kier alpha value is -2.67. The van der Waals surface area contributed by atoms with E-state index in [4.69, 9.17) is 0 Å². The van der Waals surface area contributed by atoms with Crippen LogP contribution in [0.25, 0.3) is 21.8 Å². The monoisotopic (exact) mass is 393 g/mol. The largest absolute Gasteiger partial charge is 0.335 e. The molecule has 0 radical (unpaired) electrons. The number of aromatic amines is 1. The van der Waals surface area contributed by atoms with Crippen molar-refractivity contribution in [3.05, 3.63) is 39.8 Å². The molecule has 2 aliphatic rings. The van der Waals surface area contributed by atoms with Crippen molar-refractivity contribution in [3.63, 3.8) is 0 Å². The van der Waals surface area contributed by atoms with Gasteiger partial charge in [-0.05, 0) is 51.6 Å². The number of aryl methyl sites for hydroxylation is 1. The molecule has 0 unspecified atom stereocenters. The van der Waals surface area contributed by atoms with Gasteiger partial charge < -0.3 is 14.8 Å². The molecule has 1 aromatic carbocycles. The maximum atomic E-state index is 13.2. The lowest BCUT2D eigenvalue weighted by molar-refractivity contribution is 0.0399. The molecule has 3 heterocycles. The molecule has 152 valence electrons. The van der Waals surface area contributed by atoms with Gasteiger partial charge in [-0.2, -0.15) is 5.10 Å². The first kappa shape index (κ1) is 18.4. The number of benzene rings is 1. The van der Waals surface area contributed by atoms with Gasteiger partial charge in [0.2, 0.25) is 0 Å². The molecule has 1 aliphatic heterocycles. The molecule has 1 saturated carbocycles. The molecule has 1 N–H and O–H groups in total. The minimum atomic E-state index is -0.119. The minimum absolute atomic E-state index is 0.0637. The highest BCUT2D eigenvalue weighted by Crippen LogP contribution is 2.34. The average molecular weight is 393 g/mol. The van der Waals surface area contributed by atoms with E-state index in [2.05, 4.69) is 15.0 Å². The van der Waals surface area contributed by atoms with Gasteiger partial charge >= 0.3 is 0 Å². The van der Waals surface area contributed by atoms with E-state index in [0.29, 0.717) is 23.0 Å². The topological polar surface area (TPSA) is 74.2 Å². The van der Waals surface area contributed by atoms with Gasteiger partial charge in [-0.1, -0.05) is 12.8 Å². The summed E-state index contributed by atoms with van der Waals surface area (Å²) in [6.45, 7) is 3.45. The number of amides is 1. The molecular weight excluding hydrogens is 366 g/mol. The van der Waals surface area contributed by atoms with Crippen molar-refractivity contribution in [3.8, 4) is 0 Å². The molecule has 7 nitrogen and oxygen atoms in total. The molecule has 1 saturated heterocycles. The van der Waals surface area contributed by atoms with Crippen LogP contribution in [0.2, 0.25) is 0 Å². The fourth-order valence-electron chi connectivity index (χ4n) is 4.77. The number of nitrogens with one attached hydrogen (secondary N) is 1. The smallest absolute Gasteiger partial charge is 0.259 e. The molecular formula is C22H27N5O2. The number of hydrogen-bond acceptors (Lipinski definition) is 4. The number of likely N-dealkylation sites (tertiary alicyclic amines) is 1. The van der Waals surface area contributed by atoms with Gasteiger partial charge in [0, 0.05) is 30.1 Å². The van der Waals surface area contributed by atoms with Crippen LogP contribution in [0.1, 0.15) is 47.6 Å². The first-order valence-corrected chi connectivity index (χ1v) is 10.4. The van der Waals surface area contributed by atoms with Gasteiger partial charge in [0.25, 0.3) is 11.5 Å². The third-order valence-corrected chi connectivity index (χ3v) is 6.69. The van der Waals surface area contributed by atoms with E-state index in [1.807, 2.05) is 42.7 Å². The number of carbonyl (C=O) groups is 1. The third kappa shape index (κ3) is 2.87. The van der Waals surface area contributed by atoms with Crippen LogP contribution in [-0.2, 0) is 0 Å². The molecule has 2 fully saturated rings. The lowest BCUT2D eigenvalue weighted by atomic mass is 9.99. The number of rotatable bonds is 3. The van der Waals surface area contributed by atoms with Crippen LogP contribution in [0.3, 0.4) is 0 Å². The summed E-state index contributed by atoms with van der Waals surface area (Å²) < 4.78 is 2.02. The van der Waals surface area contributed by atoms with Crippen LogP contribution < -0.4 is 5.56 Å². The first-order chi connectivity index (χ1) is 13.9. The van der Waals surface area contributed by atoms with Crippen LogP contribution in [0.15, 0.2) is 23.1 Å². The summed E-state index contributed by atoms with van der Waals surface area (Å²) in [7, 11) is 4.09. The zero-order valence-electron chi connectivity index (χ0n) is 17.2. The van der Waals surface area contributed by atoms with Gasteiger partial charge in [-0.15, -0.1) is 0 Å². The Morgan fingerprint density at radius 2 is 1.90 bits per heavy atom. The Bertz CT molecular complexity index is 1160. The number of aromatic nitrogens is 3. The number of fused-ring (bicyclic) bond motifs is 3. The lowest BCUT2D eigenvalue weighted by Crippen LogP contribution is -2.59. The van der Waals surface area contributed by atoms with E-state index in [0.717, 1.165) is 47.9 Å². The van der Waals surface area contributed by atoms with Crippen molar-refractivity contribution in [2.24, 2.45) is 0 Å². The summed E-state index contributed by atoms with van der Waals surface area (Å²) in [5.74, 6) is 0.0637. The summed E-state index contributed by atoms with van der Waals surface area (Å²) in [5, 5.41) is 6.08. The highest BCUT2D eigenvalue weighted by molar-refractivity contribution is 6.07. The standard InChI is InChI=1S/C22H27N5O2/c1-13-8-19-17(9-16(13)22(29)26-11-15(12-26)25(2)3)20-18(21(28)24-19)10-23-27(20)14-6-4-5-7-14/h8-10,14-15H,4-7,11-12H2,1-3H3,(H,24,28). The number of H-pyrrole nitrogens is 1. The van der Waals surface area contributed by atoms with Crippen molar-refractivity contribution in [1.29, 1.82) is 0 Å². The molecule has 7 heteroatoms. The number of carbonyl (C=O) groups excluding carboxylic acids is 1. The third-order valence-electron chi connectivity index (χ3n) is 6.69. The molecule has 1 aliphatic carbocycles. The van der Waals surface area contributed by atoms with Crippen LogP contribution >= 0.6 is 0 Å². The van der Waals surface area contributed by atoms with Crippen LogP contribution in [0, 0.1) is 6.92 Å². The Morgan fingerprint density at radius 3 is 2.59 bits per heavy atom. The second kappa shape index (κ2) is 6.69. The molecule has 0 bridgehead atoms. The van der Waals surface area contributed by atoms with Crippen molar-refractivity contribution >= 4 is 27.7 Å². The lowest BCUT2D eigenvalue weighted by Gasteiger charge is -2.43. The SMILES string of the molecule is Cc1cc2[nH]c(=O)c3cnn(C4CCCC4)c3c2cc1C(=O)N1CC(N(C)C)C1. The van der Waals surface area contributed by atoms with Crippen molar-refractivity contribution in [2.45, 2.75) is 44.7 Å². The number of pyridine rings is 1. The Labute approximate surface area is 169 Å². The van der Waals surface area contributed by atoms with E-state index in [-0.39, 0.29) is 11.5 Å². The van der Waals surface area contributed by atoms with Gasteiger partial charge in [-0.3, -0.25) is 14.3 Å². The van der Waals surface area contributed by atoms with Crippen molar-refractivity contribution in [2.75, 3.05) is 27.2 Å². The quantitative estimate of drug-likeness (QED) is 0.742. The summed E-state index contributed by atoms with van der Waals surface area (Å²) in [5.41, 5.74) is 3.11. The van der Waals surface area contributed by atoms with Gasteiger partial charge in [0.1, 0.15) is 0 Å². The van der Waals surface area contributed by atoms with Crippen molar-refractivity contribution in [1.82, 2.24) is 24.6 Å². The van der Waals surface area contributed by atoms with E-state index in [9.17, 15) is 9.59 Å². The zero-order valence-corrected chi connectivity index (χ0v) is 17.2. The number of nitrogens with zero attached hydrogens (tertiary/aromatic N) is 4. The Kier molecular flexibility index (Phi) is 4.24. The van der Waals surface area contributed by atoms with Gasteiger partial charge in [0.15, 0.2) is 0 Å². The van der Waals surface area contributed by atoms with E-state index < -0.39 is 0 Å². The summed E-state index contributed by atoms with van der Waals surface area (Å²) >= 11 is 0. The molecule has 3 aromatic rings. The maximum absolute atomic E-state index is 13.2. The van der Waals surface area contributed by atoms with Gasteiger partial charge in [0.05, 0.1) is 28.7 Å². The normalized spacial score (nSPS) is 18.3. The van der Waals surface area contributed by atoms with Crippen LogP contribution in [0.4, 0.5) is 0 Å². The molecule has 1 amide bonds. The van der Waals surface area contributed by atoms with Crippen LogP contribution in [-0.4, -0.2) is 63.7 Å². The fourth-order valence-corrected chi connectivity index (χ4v) is 4.77. The highest BCUT2D eigenvalue weighted by Gasteiger charge is 2.33. The maximum Gasteiger partial charge on any atom is 0.259 e. The van der Waals surface area contributed by atoms with Gasteiger partial charge in [-0.25, -0.2) is 0 Å². The Morgan fingerprint density at radius 1 is 1.17 bits per heavy atom. The van der Waals surface area contributed by atoms with E-state index >= 15 is 0 Å². The predicted molar refractivity (Wildman–Crippen MR) is 113 cm³/mol. The highest BCUT2D eigenvalue weighted by atomic mass is 16.2. The van der Waals surface area contributed by atoms with Crippen molar-refractivity contribution < 1.29 is 4.79 Å². The van der Waals surface area contributed by atoms with E-state index in [1.54, 1.807) is 6.20 Å². The minimum Gasteiger partial charge on any atom is -0.335 e. The molecule has 2 aromatic heterocycles. The number of hydrogen-bond donors (Lipinski definition) is 1. The summed E-state index contributed by atoms with van der Waals surface area (Å²) in [4.78, 5) is 32.8. The fraction of sp³-hybridized carbons (Fsp3) is 0.500. The Balaban J connectivity index is 1.63. The zero-order chi connectivity index (χ0) is 20.3.